The van der Waals surface area contributed by atoms with E-state index in [1.54, 1.807) is 0 Å². The number of H-pyrrole nitrogens is 1. The predicted octanol–water partition coefficient (Wildman–Crippen LogP) is 3.41. The highest BCUT2D eigenvalue weighted by Crippen LogP contribution is 2.20. The summed E-state index contributed by atoms with van der Waals surface area (Å²) in [5.41, 5.74) is 3.27. The Balaban J connectivity index is 1.43. The van der Waals surface area contributed by atoms with Gasteiger partial charge in [-0.25, -0.2) is 0 Å². The third-order valence-corrected chi connectivity index (χ3v) is 6.48. The van der Waals surface area contributed by atoms with Gasteiger partial charge in [-0.2, -0.15) is 5.10 Å². The van der Waals surface area contributed by atoms with Crippen molar-refractivity contribution in [1.82, 2.24) is 29.9 Å². The Labute approximate surface area is 200 Å². The number of benzene rings is 2. The summed E-state index contributed by atoms with van der Waals surface area (Å²) in [6, 6.07) is 18.3. The molecule has 1 aliphatic rings. The SMILES string of the molecule is Cc1cccc(-c2n[nH]c(=S)n2CCC(=O)NC(CN2CCN(C)CC2)c2ccccc2)c1. The van der Waals surface area contributed by atoms with Crippen LogP contribution in [0.2, 0.25) is 0 Å². The van der Waals surface area contributed by atoms with Crippen LogP contribution in [0.15, 0.2) is 54.6 Å². The van der Waals surface area contributed by atoms with Gasteiger partial charge in [0.1, 0.15) is 0 Å². The molecule has 1 aliphatic heterocycles. The van der Waals surface area contributed by atoms with E-state index < -0.39 is 0 Å². The average Bonchev–Trinajstić information content (AvgIpc) is 3.19. The van der Waals surface area contributed by atoms with E-state index in [0.717, 1.165) is 55.2 Å². The maximum atomic E-state index is 13.0. The summed E-state index contributed by atoms with van der Waals surface area (Å²) in [4.78, 5) is 17.8. The maximum Gasteiger partial charge on any atom is 0.222 e. The highest BCUT2D eigenvalue weighted by Gasteiger charge is 2.21. The lowest BCUT2D eigenvalue weighted by atomic mass is 10.1. The molecule has 0 saturated carbocycles. The number of aromatic nitrogens is 3. The van der Waals surface area contributed by atoms with Gasteiger partial charge in [0.05, 0.1) is 6.04 Å². The van der Waals surface area contributed by atoms with Crippen LogP contribution in [0.25, 0.3) is 11.4 Å². The third-order valence-electron chi connectivity index (χ3n) is 6.17. The van der Waals surface area contributed by atoms with E-state index in [-0.39, 0.29) is 11.9 Å². The minimum atomic E-state index is -0.0457. The monoisotopic (exact) mass is 464 g/mol. The molecule has 2 aromatic carbocycles. The molecule has 174 valence electrons. The van der Waals surface area contributed by atoms with Gasteiger partial charge >= 0.3 is 0 Å². The standard InChI is InChI=1S/C25H32N6OS/c1-19-7-6-10-21(17-19)24-27-28-25(33)31(24)12-11-23(32)26-22(20-8-4-3-5-9-20)18-30-15-13-29(2)14-16-30/h3-10,17,22H,11-16,18H2,1-2H3,(H,26,32)(H,28,33). The van der Waals surface area contributed by atoms with Gasteiger partial charge in [0.2, 0.25) is 5.91 Å². The summed E-state index contributed by atoms with van der Waals surface area (Å²) >= 11 is 5.44. The van der Waals surface area contributed by atoms with Gasteiger partial charge in [0.15, 0.2) is 10.6 Å². The Morgan fingerprint density at radius 1 is 1.12 bits per heavy atom. The number of aryl methyl sites for hydroxylation is 1. The Morgan fingerprint density at radius 2 is 1.88 bits per heavy atom. The molecular formula is C25H32N6OS. The third kappa shape index (κ3) is 6.16. The summed E-state index contributed by atoms with van der Waals surface area (Å²) < 4.78 is 2.43. The van der Waals surface area contributed by atoms with E-state index >= 15 is 0 Å². The van der Waals surface area contributed by atoms with Crippen LogP contribution < -0.4 is 5.32 Å². The molecule has 8 heteroatoms. The quantitative estimate of drug-likeness (QED) is 0.500. The highest BCUT2D eigenvalue weighted by molar-refractivity contribution is 7.71. The summed E-state index contributed by atoms with van der Waals surface area (Å²) in [5, 5.41) is 10.5. The second-order valence-electron chi connectivity index (χ2n) is 8.76. The molecule has 0 spiro atoms. The first-order chi connectivity index (χ1) is 16.0. The number of likely N-dealkylation sites (N-methyl/N-ethyl adjacent to an activating group) is 1. The van der Waals surface area contributed by atoms with Crippen molar-refractivity contribution >= 4 is 18.1 Å². The molecule has 4 rings (SSSR count). The molecule has 33 heavy (non-hydrogen) atoms. The molecule has 1 unspecified atom stereocenters. The van der Waals surface area contributed by atoms with Crippen molar-refractivity contribution in [1.29, 1.82) is 0 Å². The zero-order valence-corrected chi connectivity index (χ0v) is 20.1. The van der Waals surface area contributed by atoms with Crippen molar-refractivity contribution in [3.05, 3.63) is 70.5 Å². The average molecular weight is 465 g/mol. The smallest absolute Gasteiger partial charge is 0.222 e. The van der Waals surface area contributed by atoms with Crippen LogP contribution in [-0.4, -0.2) is 70.2 Å². The van der Waals surface area contributed by atoms with E-state index in [2.05, 4.69) is 50.6 Å². The van der Waals surface area contributed by atoms with Crippen LogP contribution in [0.5, 0.6) is 0 Å². The van der Waals surface area contributed by atoms with Crippen LogP contribution in [-0.2, 0) is 11.3 Å². The maximum absolute atomic E-state index is 13.0. The second kappa shape index (κ2) is 10.9. The first-order valence-corrected chi connectivity index (χ1v) is 11.9. The van der Waals surface area contributed by atoms with E-state index in [0.29, 0.717) is 17.7 Å². The lowest BCUT2D eigenvalue weighted by Crippen LogP contribution is -2.47. The van der Waals surface area contributed by atoms with E-state index in [1.807, 2.05) is 47.9 Å². The van der Waals surface area contributed by atoms with Gasteiger partial charge < -0.3 is 10.2 Å². The number of amides is 1. The molecule has 7 nitrogen and oxygen atoms in total. The van der Waals surface area contributed by atoms with Crippen LogP contribution in [0.4, 0.5) is 0 Å². The molecule has 1 fully saturated rings. The molecule has 1 aromatic heterocycles. The van der Waals surface area contributed by atoms with E-state index in [4.69, 9.17) is 12.2 Å². The summed E-state index contributed by atoms with van der Waals surface area (Å²) in [6.45, 7) is 7.46. The number of nitrogens with zero attached hydrogens (tertiary/aromatic N) is 4. The van der Waals surface area contributed by atoms with Gasteiger partial charge in [-0.3, -0.25) is 19.4 Å². The van der Waals surface area contributed by atoms with Crippen LogP contribution >= 0.6 is 12.2 Å². The first kappa shape index (κ1) is 23.4. The number of piperazine rings is 1. The fraction of sp³-hybridized carbons (Fsp3) is 0.400. The van der Waals surface area contributed by atoms with Crippen molar-refractivity contribution in [3.8, 4) is 11.4 Å². The minimum Gasteiger partial charge on any atom is -0.348 e. The van der Waals surface area contributed by atoms with Crippen LogP contribution in [0.3, 0.4) is 0 Å². The fourth-order valence-electron chi connectivity index (χ4n) is 4.22. The lowest BCUT2D eigenvalue weighted by Gasteiger charge is -2.35. The van der Waals surface area contributed by atoms with Crippen LogP contribution in [0.1, 0.15) is 23.6 Å². The minimum absolute atomic E-state index is 0.0104. The number of carbonyl (C=O) groups is 1. The summed E-state index contributed by atoms with van der Waals surface area (Å²) in [5.74, 6) is 0.768. The van der Waals surface area contributed by atoms with Crippen molar-refractivity contribution < 1.29 is 4.79 Å². The zero-order chi connectivity index (χ0) is 23.2. The molecule has 1 amide bonds. The molecule has 2 N–H and O–H groups in total. The molecule has 1 atom stereocenters. The largest absolute Gasteiger partial charge is 0.348 e. The molecule has 0 aliphatic carbocycles. The summed E-state index contributed by atoms with van der Waals surface area (Å²) in [7, 11) is 2.15. The van der Waals surface area contributed by atoms with Gasteiger partial charge in [0.25, 0.3) is 0 Å². The topological polar surface area (TPSA) is 69.2 Å². The fourth-order valence-corrected chi connectivity index (χ4v) is 4.44. The van der Waals surface area contributed by atoms with Gasteiger partial charge in [0, 0.05) is 51.3 Å². The van der Waals surface area contributed by atoms with Gasteiger partial charge in [-0.05, 0) is 37.8 Å². The molecule has 2 heterocycles. The molecule has 0 radical (unpaired) electrons. The highest BCUT2D eigenvalue weighted by atomic mass is 32.1. The number of hydrogen-bond donors (Lipinski definition) is 2. The Morgan fingerprint density at radius 3 is 2.61 bits per heavy atom. The van der Waals surface area contributed by atoms with E-state index in [1.165, 1.54) is 0 Å². The first-order valence-electron chi connectivity index (χ1n) is 11.5. The predicted molar refractivity (Wildman–Crippen MR) is 133 cm³/mol. The Bertz CT molecular complexity index is 1120. The van der Waals surface area contributed by atoms with Gasteiger partial charge in [-0.15, -0.1) is 0 Å². The molecule has 1 saturated heterocycles. The Kier molecular flexibility index (Phi) is 7.69. The van der Waals surface area contributed by atoms with E-state index in [9.17, 15) is 4.79 Å². The number of hydrogen-bond acceptors (Lipinski definition) is 5. The van der Waals surface area contributed by atoms with Crippen molar-refractivity contribution in [2.45, 2.75) is 25.9 Å². The molecule has 0 bridgehead atoms. The number of aromatic amines is 1. The number of carbonyl (C=O) groups excluding carboxylic acids is 1. The summed E-state index contributed by atoms with van der Waals surface area (Å²) in [6.07, 6.45) is 0.332. The number of nitrogens with one attached hydrogen (secondary N) is 2. The van der Waals surface area contributed by atoms with Gasteiger partial charge in [-0.1, -0.05) is 54.1 Å². The van der Waals surface area contributed by atoms with Crippen molar-refractivity contribution in [2.75, 3.05) is 39.8 Å². The van der Waals surface area contributed by atoms with Crippen molar-refractivity contribution in [2.24, 2.45) is 0 Å². The van der Waals surface area contributed by atoms with Crippen LogP contribution in [0, 0.1) is 11.7 Å². The Hall–Kier alpha value is -2.81. The lowest BCUT2D eigenvalue weighted by molar-refractivity contribution is -0.122. The molecular weight excluding hydrogens is 432 g/mol. The number of rotatable bonds is 8. The normalized spacial score (nSPS) is 15.9. The van der Waals surface area contributed by atoms with Crippen molar-refractivity contribution in [3.63, 3.8) is 0 Å². The molecule has 3 aromatic rings. The zero-order valence-electron chi connectivity index (χ0n) is 19.3. The second-order valence-corrected chi connectivity index (χ2v) is 9.14.